The first-order valence-corrected chi connectivity index (χ1v) is 7.25. The second-order valence-electron chi connectivity index (χ2n) is 4.31. The van der Waals surface area contributed by atoms with Crippen LogP contribution >= 0.6 is 35.8 Å². The Kier molecular flexibility index (Phi) is 6.36. The Balaban J connectivity index is 0.00000200. The van der Waals surface area contributed by atoms with Crippen LogP contribution in [0.2, 0.25) is 0 Å². The zero-order valence-corrected chi connectivity index (χ0v) is 13.7. The quantitative estimate of drug-likeness (QED) is 0.673. The predicted octanol–water partition coefficient (Wildman–Crippen LogP) is 3.45. The minimum Gasteiger partial charge on any atom is -0.383 e. The molecule has 0 radical (unpaired) electrons. The van der Waals surface area contributed by atoms with Crippen molar-refractivity contribution in [2.75, 3.05) is 12.4 Å². The summed E-state index contributed by atoms with van der Waals surface area (Å²) < 4.78 is 12.5. The number of hydrogen-bond acceptors (Lipinski definition) is 5. The lowest BCUT2D eigenvalue weighted by molar-refractivity contribution is 0.376. The number of alkyl halides is 2. The summed E-state index contributed by atoms with van der Waals surface area (Å²) in [7, 11) is 0. The summed E-state index contributed by atoms with van der Waals surface area (Å²) in [6.45, 7) is 3.91. The summed E-state index contributed by atoms with van der Waals surface area (Å²) in [5.41, 5.74) is 7.71. The Bertz CT molecular complexity index is 512. The van der Waals surface area contributed by atoms with E-state index in [2.05, 4.69) is 9.97 Å². The number of aryl methyl sites for hydroxylation is 1. The highest BCUT2D eigenvalue weighted by Gasteiger charge is 2.28. The fourth-order valence-corrected chi connectivity index (χ4v) is 3.53. The van der Waals surface area contributed by atoms with Crippen molar-refractivity contribution in [3.8, 4) is 0 Å². The van der Waals surface area contributed by atoms with Gasteiger partial charge in [-0.2, -0.15) is 0 Å². The van der Waals surface area contributed by atoms with Gasteiger partial charge in [0.1, 0.15) is 11.6 Å². The molecule has 20 heavy (non-hydrogen) atoms. The van der Waals surface area contributed by atoms with Gasteiger partial charge in [-0.15, -0.1) is 12.4 Å². The highest BCUT2D eigenvalue weighted by atomic mass is 35.5. The van der Waals surface area contributed by atoms with Gasteiger partial charge in [-0.05, 0) is 13.8 Å². The van der Waals surface area contributed by atoms with Gasteiger partial charge in [-0.3, -0.25) is 4.39 Å². The molecule has 0 aliphatic carbocycles. The molecule has 0 aromatic carbocycles. The van der Waals surface area contributed by atoms with Gasteiger partial charge in [0.15, 0.2) is 4.83 Å². The van der Waals surface area contributed by atoms with E-state index in [0.717, 1.165) is 16.2 Å². The average Bonchev–Trinajstić information content (AvgIpc) is 2.60. The van der Waals surface area contributed by atoms with Crippen molar-refractivity contribution in [3.05, 3.63) is 28.2 Å². The van der Waals surface area contributed by atoms with Crippen LogP contribution in [-0.4, -0.2) is 26.4 Å². The highest BCUT2D eigenvalue weighted by molar-refractivity contribution is 8.04. The van der Waals surface area contributed by atoms with Gasteiger partial charge in [0, 0.05) is 28.8 Å². The smallest absolute Gasteiger partial charge is 0.155 e. The van der Waals surface area contributed by atoms with E-state index in [0.29, 0.717) is 24.6 Å². The van der Waals surface area contributed by atoms with Gasteiger partial charge < -0.3 is 10.6 Å². The van der Waals surface area contributed by atoms with Crippen LogP contribution in [0.25, 0.3) is 0 Å². The molecule has 0 bridgehead atoms. The molecular formula is C12H17Cl2FN4S. The number of anilines is 1. The second-order valence-corrected chi connectivity index (χ2v) is 6.16. The molecule has 1 atom stereocenters. The van der Waals surface area contributed by atoms with E-state index in [-0.39, 0.29) is 23.9 Å². The van der Waals surface area contributed by atoms with E-state index >= 15 is 0 Å². The van der Waals surface area contributed by atoms with Crippen LogP contribution in [0.3, 0.4) is 0 Å². The van der Waals surface area contributed by atoms with Crippen molar-refractivity contribution in [3.63, 3.8) is 0 Å². The van der Waals surface area contributed by atoms with Gasteiger partial charge in [0.2, 0.25) is 0 Å². The summed E-state index contributed by atoms with van der Waals surface area (Å²) in [4.78, 5) is 11.0. The first-order chi connectivity index (χ1) is 9.02. The number of thioether (sulfide) groups is 1. The number of nitrogen functional groups attached to an aromatic ring is 1. The first-order valence-electron chi connectivity index (χ1n) is 5.94. The molecule has 1 aliphatic heterocycles. The highest BCUT2D eigenvalue weighted by Crippen LogP contribution is 2.42. The molecular weight excluding hydrogens is 322 g/mol. The Morgan fingerprint density at radius 3 is 2.80 bits per heavy atom. The Morgan fingerprint density at radius 2 is 2.20 bits per heavy atom. The third-order valence-electron chi connectivity index (χ3n) is 3.00. The molecule has 0 fully saturated rings. The summed E-state index contributed by atoms with van der Waals surface area (Å²) in [5, 5.41) is 0. The lowest BCUT2D eigenvalue weighted by atomic mass is 10.2. The lowest BCUT2D eigenvalue weighted by Crippen LogP contribution is -2.23. The minimum atomic E-state index is -0.368. The number of hydrogen-bond donors (Lipinski definition) is 1. The number of nitrogens with two attached hydrogens (primary N) is 1. The zero-order valence-electron chi connectivity index (χ0n) is 11.3. The summed E-state index contributed by atoms with van der Waals surface area (Å²) in [6.07, 6.45) is 2.13. The Hall–Kier alpha value is -0.720. The van der Waals surface area contributed by atoms with Crippen LogP contribution < -0.4 is 5.73 Å². The standard InChI is InChI=1S/C12H16ClFN4S.ClH/c1-7-10(3-4-14)19-12(13)18(7)6-9-5-16-8(2)17-11(9)15;/h5,12H,3-4,6H2,1-2H3,(H2,15,16,17);1H. The molecule has 0 spiro atoms. The number of nitrogens with zero attached hydrogens (tertiary/aromatic N) is 3. The average molecular weight is 339 g/mol. The number of rotatable bonds is 4. The van der Waals surface area contributed by atoms with Crippen LogP contribution in [0.1, 0.15) is 24.7 Å². The molecule has 2 N–H and O–H groups in total. The van der Waals surface area contributed by atoms with E-state index in [1.165, 1.54) is 11.8 Å². The summed E-state index contributed by atoms with van der Waals surface area (Å²) >= 11 is 7.76. The molecule has 2 heterocycles. The third-order valence-corrected chi connectivity index (χ3v) is 4.74. The van der Waals surface area contributed by atoms with Crippen LogP contribution in [0.4, 0.5) is 10.2 Å². The fourth-order valence-electron chi connectivity index (χ4n) is 1.91. The Morgan fingerprint density at radius 1 is 1.50 bits per heavy atom. The molecule has 8 heteroatoms. The predicted molar refractivity (Wildman–Crippen MR) is 84.5 cm³/mol. The SMILES string of the molecule is CC1=C(CCF)SC(Cl)N1Cc1cnc(C)nc1N.Cl. The van der Waals surface area contributed by atoms with Crippen molar-refractivity contribution >= 4 is 41.6 Å². The molecule has 1 unspecified atom stereocenters. The van der Waals surface area contributed by atoms with Gasteiger partial charge in [-0.1, -0.05) is 23.4 Å². The maximum absolute atomic E-state index is 12.5. The normalized spacial score (nSPS) is 18.4. The van der Waals surface area contributed by atoms with Gasteiger partial charge >= 0.3 is 0 Å². The Labute approximate surface area is 133 Å². The van der Waals surface area contributed by atoms with Crippen molar-refractivity contribution < 1.29 is 4.39 Å². The zero-order chi connectivity index (χ0) is 14.0. The molecule has 2 rings (SSSR count). The van der Waals surface area contributed by atoms with Crippen LogP contribution in [0, 0.1) is 6.92 Å². The minimum absolute atomic E-state index is 0. The number of allylic oxidation sites excluding steroid dienone is 2. The molecule has 1 aromatic rings. The van der Waals surface area contributed by atoms with Crippen molar-refractivity contribution in [2.24, 2.45) is 0 Å². The fraction of sp³-hybridized carbons (Fsp3) is 0.500. The monoisotopic (exact) mass is 338 g/mol. The summed E-state index contributed by atoms with van der Waals surface area (Å²) in [5.74, 6) is 1.11. The van der Waals surface area contributed by atoms with Crippen molar-refractivity contribution in [1.82, 2.24) is 14.9 Å². The molecule has 1 aromatic heterocycles. The van der Waals surface area contributed by atoms with Crippen LogP contribution in [0.15, 0.2) is 16.8 Å². The second kappa shape index (κ2) is 7.33. The van der Waals surface area contributed by atoms with E-state index in [4.69, 9.17) is 17.3 Å². The van der Waals surface area contributed by atoms with Crippen LogP contribution in [0.5, 0.6) is 0 Å². The van der Waals surface area contributed by atoms with E-state index in [9.17, 15) is 4.39 Å². The summed E-state index contributed by atoms with van der Waals surface area (Å²) in [6, 6.07) is 0. The molecule has 4 nitrogen and oxygen atoms in total. The number of halogens is 3. The van der Waals surface area contributed by atoms with Gasteiger partial charge in [0.25, 0.3) is 0 Å². The van der Waals surface area contributed by atoms with Gasteiger partial charge in [0.05, 0.1) is 13.2 Å². The van der Waals surface area contributed by atoms with Crippen LogP contribution in [-0.2, 0) is 6.54 Å². The van der Waals surface area contributed by atoms with Gasteiger partial charge in [-0.25, -0.2) is 9.97 Å². The topological polar surface area (TPSA) is 55.0 Å². The molecule has 0 saturated carbocycles. The van der Waals surface area contributed by atoms with Crippen molar-refractivity contribution in [1.29, 1.82) is 0 Å². The third kappa shape index (κ3) is 3.68. The molecule has 1 aliphatic rings. The molecule has 0 saturated heterocycles. The maximum Gasteiger partial charge on any atom is 0.155 e. The van der Waals surface area contributed by atoms with E-state index < -0.39 is 0 Å². The van der Waals surface area contributed by atoms with E-state index in [1.807, 2.05) is 11.8 Å². The molecule has 112 valence electrons. The van der Waals surface area contributed by atoms with Crippen molar-refractivity contribution in [2.45, 2.75) is 31.6 Å². The first kappa shape index (κ1) is 17.3. The molecule has 0 amide bonds. The maximum atomic E-state index is 12.5. The lowest BCUT2D eigenvalue weighted by Gasteiger charge is -2.23. The number of aromatic nitrogens is 2. The van der Waals surface area contributed by atoms with E-state index in [1.54, 1.807) is 13.1 Å². The largest absolute Gasteiger partial charge is 0.383 e.